The van der Waals surface area contributed by atoms with Crippen LogP contribution in [0.2, 0.25) is 0 Å². The molecule has 6 nitrogen and oxygen atoms in total. The van der Waals surface area contributed by atoms with Gasteiger partial charge in [0.15, 0.2) is 0 Å². The smallest absolute Gasteiger partial charge is 0.270 e. The van der Waals surface area contributed by atoms with Crippen LogP contribution in [0.1, 0.15) is 16.9 Å². The van der Waals surface area contributed by atoms with Crippen molar-refractivity contribution in [1.29, 1.82) is 0 Å². The standard InChI is InChI=1S/C15H17FN4O2/c1-22-7-3-6-17-15(21)13-9-14(19-10-18-13)20-12-5-2-4-11(16)8-12/h2,4-5,8-10H,3,6-7H2,1H3,(H,17,21)(H,18,19,20). The summed E-state index contributed by atoms with van der Waals surface area (Å²) in [6, 6.07) is 7.49. The van der Waals surface area contributed by atoms with E-state index < -0.39 is 0 Å². The van der Waals surface area contributed by atoms with Gasteiger partial charge in [0.25, 0.3) is 5.91 Å². The molecule has 1 amide bonds. The molecule has 1 aromatic carbocycles. The molecule has 1 aromatic heterocycles. The number of hydrogen-bond donors (Lipinski definition) is 2. The van der Waals surface area contributed by atoms with Gasteiger partial charge in [-0.15, -0.1) is 0 Å². The van der Waals surface area contributed by atoms with Crippen LogP contribution in [0.3, 0.4) is 0 Å². The summed E-state index contributed by atoms with van der Waals surface area (Å²) in [7, 11) is 1.61. The first-order valence-electron chi connectivity index (χ1n) is 6.81. The Morgan fingerprint density at radius 2 is 2.18 bits per heavy atom. The highest BCUT2D eigenvalue weighted by atomic mass is 19.1. The van der Waals surface area contributed by atoms with E-state index in [1.54, 1.807) is 19.2 Å². The zero-order chi connectivity index (χ0) is 15.8. The predicted molar refractivity (Wildman–Crippen MR) is 80.5 cm³/mol. The first kappa shape index (κ1) is 15.8. The number of nitrogens with zero attached hydrogens (tertiary/aromatic N) is 2. The fraction of sp³-hybridized carbons (Fsp3) is 0.267. The van der Waals surface area contributed by atoms with Gasteiger partial charge in [-0.3, -0.25) is 4.79 Å². The van der Waals surface area contributed by atoms with Crippen molar-refractivity contribution in [1.82, 2.24) is 15.3 Å². The average Bonchev–Trinajstić information content (AvgIpc) is 2.52. The van der Waals surface area contributed by atoms with Crippen LogP contribution >= 0.6 is 0 Å². The lowest BCUT2D eigenvalue weighted by atomic mass is 10.3. The molecule has 0 spiro atoms. The number of amides is 1. The van der Waals surface area contributed by atoms with Crippen molar-refractivity contribution in [2.75, 3.05) is 25.6 Å². The Kier molecular flexibility index (Phi) is 5.79. The average molecular weight is 304 g/mol. The Balaban J connectivity index is 1.98. The number of rotatable bonds is 7. The fourth-order valence-electron chi connectivity index (χ4n) is 1.77. The molecule has 7 heteroatoms. The van der Waals surface area contributed by atoms with Crippen LogP contribution in [0.5, 0.6) is 0 Å². The molecule has 22 heavy (non-hydrogen) atoms. The molecular weight excluding hydrogens is 287 g/mol. The van der Waals surface area contributed by atoms with Gasteiger partial charge in [0.2, 0.25) is 0 Å². The van der Waals surface area contributed by atoms with Gasteiger partial charge in [0.05, 0.1) is 0 Å². The molecule has 0 fully saturated rings. The summed E-state index contributed by atoms with van der Waals surface area (Å²) in [5.74, 6) is -0.224. The summed E-state index contributed by atoms with van der Waals surface area (Å²) < 4.78 is 18.0. The number of nitrogens with one attached hydrogen (secondary N) is 2. The third-order valence-electron chi connectivity index (χ3n) is 2.81. The van der Waals surface area contributed by atoms with Crippen molar-refractivity contribution >= 4 is 17.4 Å². The minimum absolute atomic E-state index is 0.242. The summed E-state index contributed by atoms with van der Waals surface area (Å²) in [6.07, 6.45) is 2.01. The number of anilines is 2. The second kappa shape index (κ2) is 8.04. The zero-order valence-corrected chi connectivity index (χ0v) is 12.2. The Morgan fingerprint density at radius 1 is 1.32 bits per heavy atom. The number of benzene rings is 1. The quantitative estimate of drug-likeness (QED) is 0.766. The van der Waals surface area contributed by atoms with Crippen molar-refractivity contribution in [2.45, 2.75) is 6.42 Å². The molecule has 0 aliphatic rings. The first-order chi connectivity index (χ1) is 10.7. The molecule has 0 aliphatic heterocycles. The number of aromatic nitrogens is 2. The lowest BCUT2D eigenvalue weighted by molar-refractivity contribution is 0.0943. The SMILES string of the molecule is COCCCNC(=O)c1cc(Nc2cccc(F)c2)ncn1. The van der Waals surface area contributed by atoms with Crippen LogP contribution in [0.15, 0.2) is 36.7 Å². The van der Waals surface area contributed by atoms with E-state index in [0.29, 0.717) is 24.7 Å². The maximum absolute atomic E-state index is 13.1. The number of hydrogen-bond acceptors (Lipinski definition) is 5. The van der Waals surface area contributed by atoms with Crippen LogP contribution in [-0.2, 0) is 4.74 Å². The Hall–Kier alpha value is -2.54. The largest absolute Gasteiger partial charge is 0.385 e. The van der Waals surface area contributed by atoms with Crippen LogP contribution in [0.25, 0.3) is 0 Å². The molecular formula is C15H17FN4O2. The maximum atomic E-state index is 13.1. The molecule has 0 aliphatic carbocycles. The van der Waals surface area contributed by atoms with Gasteiger partial charge in [-0.05, 0) is 24.6 Å². The molecule has 2 aromatic rings. The second-order valence-electron chi connectivity index (χ2n) is 4.53. The molecule has 2 N–H and O–H groups in total. The van der Waals surface area contributed by atoms with Crippen molar-refractivity contribution in [3.8, 4) is 0 Å². The van der Waals surface area contributed by atoms with Gasteiger partial charge in [-0.1, -0.05) is 6.07 Å². The van der Waals surface area contributed by atoms with Gasteiger partial charge in [-0.25, -0.2) is 14.4 Å². The van der Waals surface area contributed by atoms with E-state index in [9.17, 15) is 9.18 Å². The van der Waals surface area contributed by atoms with Crippen LogP contribution in [0.4, 0.5) is 15.9 Å². The fourth-order valence-corrected chi connectivity index (χ4v) is 1.77. The highest BCUT2D eigenvalue weighted by Gasteiger charge is 2.08. The van der Waals surface area contributed by atoms with Crippen molar-refractivity contribution in [3.05, 3.63) is 48.2 Å². The van der Waals surface area contributed by atoms with Crippen LogP contribution < -0.4 is 10.6 Å². The molecule has 2 rings (SSSR count). The van der Waals surface area contributed by atoms with E-state index in [0.717, 1.165) is 6.42 Å². The molecule has 0 atom stereocenters. The number of ether oxygens (including phenoxy) is 1. The lowest BCUT2D eigenvalue weighted by Crippen LogP contribution is -2.26. The third-order valence-corrected chi connectivity index (χ3v) is 2.81. The Bertz CT molecular complexity index is 636. The molecule has 0 saturated carbocycles. The summed E-state index contributed by atoms with van der Waals surface area (Å²) >= 11 is 0. The highest BCUT2D eigenvalue weighted by Crippen LogP contribution is 2.15. The minimum Gasteiger partial charge on any atom is -0.385 e. The van der Waals surface area contributed by atoms with E-state index in [-0.39, 0.29) is 17.4 Å². The summed E-state index contributed by atoms with van der Waals surface area (Å²) in [5.41, 5.74) is 0.788. The lowest BCUT2D eigenvalue weighted by Gasteiger charge is -2.07. The van der Waals surface area contributed by atoms with Crippen LogP contribution in [0, 0.1) is 5.82 Å². The summed E-state index contributed by atoms with van der Waals surface area (Å²) in [4.78, 5) is 19.9. The summed E-state index contributed by atoms with van der Waals surface area (Å²) in [6.45, 7) is 1.08. The maximum Gasteiger partial charge on any atom is 0.270 e. The van der Waals surface area contributed by atoms with E-state index in [2.05, 4.69) is 20.6 Å². The van der Waals surface area contributed by atoms with Crippen molar-refractivity contribution < 1.29 is 13.9 Å². The van der Waals surface area contributed by atoms with Gasteiger partial charge in [-0.2, -0.15) is 0 Å². The molecule has 0 radical (unpaired) electrons. The van der Waals surface area contributed by atoms with Crippen molar-refractivity contribution in [2.24, 2.45) is 0 Å². The van der Waals surface area contributed by atoms with Gasteiger partial charge >= 0.3 is 0 Å². The normalized spacial score (nSPS) is 10.3. The monoisotopic (exact) mass is 304 g/mol. The highest BCUT2D eigenvalue weighted by molar-refractivity contribution is 5.92. The number of carbonyl (C=O) groups is 1. The molecule has 0 saturated heterocycles. The Labute approximate surface area is 127 Å². The molecule has 0 unspecified atom stereocenters. The van der Waals surface area contributed by atoms with Crippen LogP contribution in [-0.4, -0.2) is 36.1 Å². The minimum atomic E-state index is -0.352. The molecule has 116 valence electrons. The molecule has 0 bridgehead atoms. The number of methoxy groups -OCH3 is 1. The topological polar surface area (TPSA) is 76.1 Å². The van der Waals surface area contributed by atoms with E-state index in [4.69, 9.17) is 4.74 Å². The van der Waals surface area contributed by atoms with E-state index >= 15 is 0 Å². The van der Waals surface area contributed by atoms with Crippen molar-refractivity contribution in [3.63, 3.8) is 0 Å². The predicted octanol–water partition coefficient (Wildman–Crippen LogP) is 2.13. The summed E-state index contributed by atoms with van der Waals surface area (Å²) in [5, 5.41) is 5.66. The third kappa shape index (κ3) is 4.78. The van der Waals surface area contributed by atoms with Gasteiger partial charge < -0.3 is 15.4 Å². The zero-order valence-electron chi connectivity index (χ0n) is 12.2. The number of halogens is 1. The second-order valence-corrected chi connectivity index (χ2v) is 4.53. The van der Waals surface area contributed by atoms with E-state index in [1.165, 1.54) is 24.5 Å². The number of carbonyl (C=O) groups excluding carboxylic acids is 1. The van der Waals surface area contributed by atoms with Gasteiger partial charge in [0, 0.05) is 32.0 Å². The van der Waals surface area contributed by atoms with E-state index in [1.807, 2.05) is 0 Å². The molecule has 1 heterocycles. The first-order valence-corrected chi connectivity index (χ1v) is 6.81. The Morgan fingerprint density at radius 3 is 2.95 bits per heavy atom. The van der Waals surface area contributed by atoms with Gasteiger partial charge in [0.1, 0.15) is 23.7 Å².